The Balaban J connectivity index is 0.00000312. The van der Waals surface area contributed by atoms with Gasteiger partial charge >= 0.3 is 18.9 Å². The number of rotatable bonds is 4. The van der Waals surface area contributed by atoms with Gasteiger partial charge in [-0.25, -0.2) is 0 Å². The Labute approximate surface area is 169 Å². The Hall–Kier alpha value is -0.569. The van der Waals surface area contributed by atoms with Crippen molar-refractivity contribution in [3.8, 4) is 0 Å². The molecule has 0 aliphatic heterocycles. The van der Waals surface area contributed by atoms with E-state index in [4.69, 9.17) is 4.12 Å². The zero-order valence-electron chi connectivity index (χ0n) is 17.7. The van der Waals surface area contributed by atoms with Crippen molar-refractivity contribution in [2.45, 2.75) is 61.2 Å². The third kappa shape index (κ3) is 5.45. The molecule has 1 nitrogen and oxygen atoms in total. The number of benzene rings is 2. The first kappa shape index (κ1) is 22.5. The molecule has 0 unspecified atom stereocenters. The van der Waals surface area contributed by atoms with Crippen molar-refractivity contribution >= 4 is 27.7 Å². The van der Waals surface area contributed by atoms with Gasteiger partial charge in [0.05, 0.1) is 0 Å². The summed E-state index contributed by atoms with van der Waals surface area (Å²) in [5, 5.41) is 2.89. The predicted molar refractivity (Wildman–Crippen MR) is 111 cm³/mol. The van der Waals surface area contributed by atoms with Gasteiger partial charge in [-0.3, -0.25) is 0 Å². The van der Waals surface area contributed by atoms with E-state index in [-0.39, 0.29) is 18.9 Å². The molecule has 0 atom stereocenters. The minimum atomic E-state index is -1.66. The van der Waals surface area contributed by atoms with Gasteiger partial charge in [-0.2, -0.15) is 10.4 Å². The van der Waals surface area contributed by atoms with Gasteiger partial charge in [0.15, 0.2) is 0 Å². The Morgan fingerprint density at radius 3 is 1.16 bits per heavy atom. The molecule has 0 N–H and O–H groups in total. The SMILES string of the molecule is Cc1cc(C)c([Si-](O[Si](C)(C)C)c2c(C)cc(C)cc2C)c(C)c1.[Li+]. The summed E-state index contributed by atoms with van der Waals surface area (Å²) in [4.78, 5) is 0. The van der Waals surface area contributed by atoms with Crippen molar-refractivity contribution in [2.75, 3.05) is 0 Å². The molecule has 0 saturated carbocycles. The van der Waals surface area contributed by atoms with Crippen LogP contribution in [0.1, 0.15) is 33.4 Å². The van der Waals surface area contributed by atoms with Crippen LogP contribution in [-0.2, 0) is 4.12 Å². The molecule has 0 bridgehead atoms. The van der Waals surface area contributed by atoms with Gasteiger partial charge in [0, 0.05) is 0 Å². The van der Waals surface area contributed by atoms with Gasteiger partial charge in [-0.05, 0) is 61.2 Å². The zero-order valence-corrected chi connectivity index (χ0v) is 19.7. The molecular weight excluding hydrogens is 331 g/mol. The van der Waals surface area contributed by atoms with Crippen molar-refractivity contribution < 1.29 is 23.0 Å². The zero-order chi connectivity index (χ0) is 18.2. The molecule has 2 rings (SSSR count). The van der Waals surface area contributed by atoms with Gasteiger partial charge in [-0.1, -0.05) is 57.6 Å². The average molecular weight is 363 g/mol. The first-order chi connectivity index (χ1) is 11.0. The van der Waals surface area contributed by atoms with Crippen molar-refractivity contribution in [3.05, 3.63) is 57.6 Å². The van der Waals surface area contributed by atoms with Crippen LogP contribution in [-0.4, -0.2) is 17.4 Å². The fraction of sp³-hybridized carbons (Fsp3) is 0.429. The van der Waals surface area contributed by atoms with Gasteiger partial charge in [0.1, 0.15) is 8.32 Å². The Kier molecular flexibility index (Phi) is 7.56. The fourth-order valence-electron chi connectivity index (χ4n) is 3.61. The molecular formula is C21H31LiOSi2. The van der Waals surface area contributed by atoms with Crippen molar-refractivity contribution in [2.24, 2.45) is 0 Å². The Morgan fingerprint density at radius 1 is 0.640 bits per heavy atom. The molecule has 0 amide bonds. The molecule has 2 aromatic carbocycles. The molecule has 0 saturated heterocycles. The van der Waals surface area contributed by atoms with Gasteiger partial charge in [0.2, 0.25) is 0 Å². The molecule has 0 aliphatic rings. The van der Waals surface area contributed by atoms with Crippen LogP contribution in [0.25, 0.3) is 0 Å². The second-order valence-corrected chi connectivity index (χ2v) is 14.8. The summed E-state index contributed by atoms with van der Waals surface area (Å²) in [6, 6.07) is 9.22. The van der Waals surface area contributed by atoms with Crippen molar-refractivity contribution in [3.63, 3.8) is 0 Å². The summed E-state index contributed by atoms with van der Waals surface area (Å²) < 4.78 is 6.85. The molecule has 0 aliphatic carbocycles. The monoisotopic (exact) mass is 362 g/mol. The summed E-state index contributed by atoms with van der Waals surface area (Å²) in [6.07, 6.45) is 0. The average Bonchev–Trinajstić information content (AvgIpc) is 2.33. The van der Waals surface area contributed by atoms with Crippen LogP contribution in [0.5, 0.6) is 0 Å². The maximum absolute atomic E-state index is 6.85. The minimum Gasteiger partial charge on any atom is -0.602 e. The molecule has 0 spiro atoms. The molecule has 0 radical (unpaired) electrons. The van der Waals surface area contributed by atoms with E-state index >= 15 is 0 Å². The van der Waals surface area contributed by atoms with Crippen LogP contribution in [0, 0.1) is 41.5 Å². The number of hydrogen-bond donors (Lipinski definition) is 0. The van der Waals surface area contributed by atoms with E-state index in [1.807, 2.05) is 0 Å². The summed E-state index contributed by atoms with van der Waals surface area (Å²) >= 11 is 0. The standard InChI is InChI=1S/C21H31OSi2.Li/c1-14-10-16(3)20(17(4)11-14)23(22-24(7,8)9)21-18(5)12-15(2)13-19(21)6;/h10-13H,1-9H3;/q-1;+1. The van der Waals surface area contributed by atoms with Crippen LogP contribution in [0.2, 0.25) is 19.6 Å². The molecule has 0 fully saturated rings. The summed E-state index contributed by atoms with van der Waals surface area (Å²) in [5.74, 6) is 0. The summed E-state index contributed by atoms with van der Waals surface area (Å²) in [7, 11) is -2.91. The molecule has 2 aromatic rings. The summed E-state index contributed by atoms with van der Waals surface area (Å²) in [5.41, 5.74) is 8.16. The molecule has 25 heavy (non-hydrogen) atoms. The van der Waals surface area contributed by atoms with E-state index in [1.54, 1.807) is 0 Å². The number of aryl methyl sites for hydroxylation is 6. The second-order valence-electron chi connectivity index (χ2n) is 8.09. The predicted octanol–water partition coefficient (Wildman–Crippen LogP) is 1.50. The van der Waals surface area contributed by atoms with Crippen LogP contribution >= 0.6 is 0 Å². The Morgan fingerprint density at radius 2 is 0.920 bits per heavy atom. The van der Waals surface area contributed by atoms with E-state index in [0.717, 1.165) is 0 Å². The first-order valence-electron chi connectivity index (χ1n) is 8.72. The molecule has 0 aromatic heterocycles. The van der Waals surface area contributed by atoms with Gasteiger partial charge in [-0.15, -0.1) is 9.04 Å². The van der Waals surface area contributed by atoms with Crippen LogP contribution in [0.3, 0.4) is 0 Å². The van der Waals surface area contributed by atoms with Crippen molar-refractivity contribution in [1.29, 1.82) is 0 Å². The van der Waals surface area contributed by atoms with E-state index in [0.29, 0.717) is 0 Å². The largest absolute Gasteiger partial charge is 1.00 e. The molecule has 130 valence electrons. The smallest absolute Gasteiger partial charge is 0.602 e. The normalized spacial score (nSPS) is 11.2. The van der Waals surface area contributed by atoms with Crippen LogP contribution in [0.4, 0.5) is 0 Å². The van der Waals surface area contributed by atoms with E-state index in [9.17, 15) is 0 Å². The minimum absolute atomic E-state index is 0. The van der Waals surface area contributed by atoms with Crippen LogP contribution in [0.15, 0.2) is 24.3 Å². The van der Waals surface area contributed by atoms with E-state index in [2.05, 4.69) is 85.4 Å². The van der Waals surface area contributed by atoms with E-state index < -0.39 is 17.4 Å². The van der Waals surface area contributed by atoms with Gasteiger partial charge in [0.25, 0.3) is 0 Å². The fourth-order valence-corrected chi connectivity index (χ4v) is 8.85. The number of hydrogen-bond acceptors (Lipinski definition) is 1. The van der Waals surface area contributed by atoms with Crippen molar-refractivity contribution in [1.82, 2.24) is 0 Å². The Bertz CT molecular complexity index is 659. The van der Waals surface area contributed by atoms with Crippen LogP contribution < -0.4 is 29.2 Å². The second kappa shape index (κ2) is 8.41. The third-order valence-corrected chi connectivity index (χ3v) is 9.97. The third-order valence-electron chi connectivity index (χ3n) is 4.22. The maximum atomic E-state index is 6.85. The van der Waals surface area contributed by atoms with Gasteiger partial charge < -0.3 is 4.12 Å². The molecule has 4 heteroatoms. The molecule has 0 heterocycles. The van der Waals surface area contributed by atoms with E-state index in [1.165, 1.54) is 43.8 Å². The summed E-state index contributed by atoms with van der Waals surface area (Å²) in [6.45, 7) is 20.2. The maximum Gasteiger partial charge on any atom is 1.00 e. The quantitative estimate of drug-likeness (QED) is 0.749. The first-order valence-corrected chi connectivity index (χ1v) is 13.5. The topological polar surface area (TPSA) is 9.23 Å².